The van der Waals surface area contributed by atoms with E-state index in [0.29, 0.717) is 6.61 Å². The van der Waals surface area contributed by atoms with Crippen molar-refractivity contribution in [3.05, 3.63) is 35.1 Å². The topological polar surface area (TPSA) is 52.3 Å². The van der Waals surface area contributed by atoms with Crippen molar-refractivity contribution in [3.63, 3.8) is 0 Å². The van der Waals surface area contributed by atoms with Gasteiger partial charge in [0, 0.05) is 6.04 Å². The van der Waals surface area contributed by atoms with Crippen LogP contribution in [0.15, 0.2) is 18.2 Å². The minimum absolute atomic E-state index is 0. The third-order valence-electron chi connectivity index (χ3n) is 2.32. The predicted octanol–water partition coefficient (Wildman–Crippen LogP) is 2.51. The van der Waals surface area contributed by atoms with Crippen molar-refractivity contribution in [2.75, 3.05) is 6.61 Å². The van der Waals surface area contributed by atoms with Crippen molar-refractivity contribution in [2.45, 2.75) is 26.3 Å². The predicted molar refractivity (Wildman–Crippen MR) is 66.6 cm³/mol. The van der Waals surface area contributed by atoms with Gasteiger partial charge in [-0.15, -0.1) is 12.4 Å². The van der Waals surface area contributed by atoms with Gasteiger partial charge in [-0.2, -0.15) is 0 Å². The summed E-state index contributed by atoms with van der Waals surface area (Å²) in [5.74, 6) is -0.636. The molecule has 0 aliphatic heterocycles. The van der Waals surface area contributed by atoms with Gasteiger partial charge in [0.2, 0.25) is 0 Å². The highest BCUT2D eigenvalue weighted by Crippen LogP contribution is 2.19. The first-order valence-corrected chi connectivity index (χ1v) is 5.21. The molecular weight excluding hydrogens is 245 g/mol. The number of benzene rings is 1. The van der Waals surface area contributed by atoms with Crippen LogP contribution in [0.4, 0.5) is 4.39 Å². The maximum atomic E-state index is 12.9. The highest BCUT2D eigenvalue weighted by Gasteiger charge is 2.14. The van der Waals surface area contributed by atoms with E-state index in [4.69, 9.17) is 10.5 Å². The summed E-state index contributed by atoms with van der Waals surface area (Å²) >= 11 is 0. The van der Waals surface area contributed by atoms with Crippen LogP contribution in [0.5, 0.6) is 0 Å². The van der Waals surface area contributed by atoms with Gasteiger partial charge in [0.25, 0.3) is 0 Å². The molecule has 0 unspecified atom stereocenters. The fourth-order valence-corrected chi connectivity index (χ4v) is 1.56. The van der Waals surface area contributed by atoms with Gasteiger partial charge in [-0.3, -0.25) is 4.79 Å². The first-order valence-electron chi connectivity index (χ1n) is 5.21. The van der Waals surface area contributed by atoms with Crippen LogP contribution in [0.25, 0.3) is 0 Å². The van der Waals surface area contributed by atoms with E-state index in [-0.39, 0.29) is 30.6 Å². The number of rotatable bonds is 4. The number of ether oxygens (including phenoxy) is 1. The van der Waals surface area contributed by atoms with Gasteiger partial charge < -0.3 is 10.5 Å². The minimum Gasteiger partial charge on any atom is -0.466 e. The summed E-state index contributed by atoms with van der Waals surface area (Å²) in [5, 5.41) is 0. The zero-order valence-electron chi connectivity index (χ0n) is 9.90. The summed E-state index contributed by atoms with van der Waals surface area (Å²) < 4.78 is 17.7. The van der Waals surface area contributed by atoms with Gasteiger partial charge in [-0.1, -0.05) is 6.07 Å². The number of esters is 1. The molecule has 0 spiro atoms. The van der Waals surface area contributed by atoms with E-state index in [2.05, 4.69) is 0 Å². The monoisotopic (exact) mass is 261 g/mol. The molecule has 0 heterocycles. The van der Waals surface area contributed by atoms with Crippen LogP contribution in [0.3, 0.4) is 0 Å². The number of hydrogen-bond acceptors (Lipinski definition) is 3. The standard InChI is InChI=1S/C12H16FNO2.ClH/c1-3-16-12(15)7-11(14)10-5-4-9(13)6-8(10)2;/h4-6,11H,3,7,14H2,1-2H3;1H/t11-;/m1./s1. The number of carbonyl (C=O) groups excluding carboxylic acids is 1. The van der Waals surface area contributed by atoms with Gasteiger partial charge in [0.1, 0.15) is 5.82 Å². The maximum Gasteiger partial charge on any atom is 0.307 e. The zero-order chi connectivity index (χ0) is 12.1. The van der Waals surface area contributed by atoms with Crippen LogP contribution < -0.4 is 5.73 Å². The molecule has 2 N–H and O–H groups in total. The Balaban J connectivity index is 0.00000256. The molecule has 0 saturated heterocycles. The summed E-state index contributed by atoms with van der Waals surface area (Å²) in [7, 11) is 0. The Kier molecular flexibility index (Phi) is 6.76. The highest BCUT2D eigenvalue weighted by molar-refractivity contribution is 5.85. The molecule has 1 rings (SSSR count). The van der Waals surface area contributed by atoms with Gasteiger partial charge in [-0.25, -0.2) is 4.39 Å². The van der Waals surface area contributed by atoms with Crippen LogP contribution in [-0.4, -0.2) is 12.6 Å². The Hall–Kier alpha value is -1.13. The minimum atomic E-state index is -0.445. The van der Waals surface area contributed by atoms with Crippen LogP contribution >= 0.6 is 12.4 Å². The molecule has 1 atom stereocenters. The zero-order valence-corrected chi connectivity index (χ0v) is 10.7. The third kappa shape index (κ3) is 4.71. The summed E-state index contributed by atoms with van der Waals surface area (Å²) in [6.45, 7) is 3.85. The van der Waals surface area contributed by atoms with Gasteiger partial charge in [0.15, 0.2) is 0 Å². The molecule has 96 valence electrons. The fraction of sp³-hybridized carbons (Fsp3) is 0.417. The average molecular weight is 262 g/mol. The van der Waals surface area contributed by atoms with Gasteiger partial charge >= 0.3 is 5.97 Å². The van der Waals surface area contributed by atoms with Crippen LogP contribution in [-0.2, 0) is 9.53 Å². The molecule has 5 heteroatoms. The summed E-state index contributed by atoms with van der Waals surface area (Å²) in [4.78, 5) is 11.2. The summed E-state index contributed by atoms with van der Waals surface area (Å²) in [6, 6.07) is 3.90. The lowest BCUT2D eigenvalue weighted by Crippen LogP contribution is -2.18. The molecule has 0 saturated carbocycles. The molecule has 0 radical (unpaired) electrons. The fourth-order valence-electron chi connectivity index (χ4n) is 1.56. The molecule has 0 aliphatic carbocycles. The number of nitrogens with two attached hydrogens (primary N) is 1. The third-order valence-corrected chi connectivity index (χ3v) is 2.32. The van der Waals surface area contributed by atoms with Crippen molar-refractivity contribution < 1.29 is 13.9 Å². The molecule has 0 fully saturated rings. The van der Waals surface area contributed by atoms with E-state index >= 15 is 0 Å². The molecule has 0 bridgehead atoms. The maximum absolute atomic E-state index is 12.9. The molecule has 0 aromatic heterocycles. The van der Waals surface area contributed by atoms with Crippen LogP contribution in [0, 0.1) is 12.7 Å². The molecule has 3 nitrogen and oxygen atoms in total. The number of halogens is 2. The first-order chi connectivity index (χ1) is 7.54. The largest absolute Gasteiger partial charge is 0.466 e. The normalized spacial score (nSPS) is 11.5. The lowest BCUT2D eigenvalue weighted by atomic mass is 9.99. The quantitative estimate of drug-likeness (QED) is 0.848. The van der Waals surface area contributed by atoms with Crippen LogP contribution in [0.1, 0.15) is 30.5 Å². The molecule has 0 amide bonds. The van der Waals surface area contributed by atoms with Crippen molar-refractivity contribution in [1.82, 2.24) is 0 Å². The molecule has 17 heavy (non-hydrogen) atoms. The summed E-state index contributed by atoms with van der Waals surface area (Å²) in [6.07, 6.45) is 0.111. The lowest BCUT2D eigenvalue weighted by molar-refractivity contribution is -0.143. The Bertz CT molecular complexity index is 385. The van der Waals surface area contributed by atoms with Crippen molar-refractivity contribution in [3.8, 4) is 0 Å². The van der Waals surface area contributed by atoms with E-state index in [0.717, 1.165) is 11.1 Å². The Morgan fingerprint density at radius 1 is 1.53 bits per heavy atom. The highest BCUT2D eigenvalue weighted by atomic mass is 35.5. The second-order valence-electron chi connectivity index (χ2n) is 3.62. The Morgan fingerprint density at radius 2 is 2.18 bits per heavy atom. The number of carbonyl (C=O) groups is 1. The average Bonchev–Trinajstić information content (AvgIpc) is 2.17. The van der Waals surface area contributed by atoms with E-state index in [1.165, 1.54) is 12.1 Å². The van der Waals surface area contributed by atoms with Crippen molar-refractivity contribution >= 4 is 18.4 Å². The number of hydrogen-bond donors (Lipinski definition) is 1. The number of aryl methyl sites for hydroxylation is 1. The molecule has 1 aromatic carbocycles. The van der Waals surface area contributed by atoms with E-state index in [9.17, 15) is 9.18 Å². The van der Waals surface area contributed by atoms with Crippen molar-refractivity contribution in [2.24, 2.45) is 5.73 Å². The molecular formula is C12H17ClFNO2. The van der Waals surface area contributed by atoms with E-state index in [1.54, 1.807) is 19.9 Å². The SMILES string of the molecule is CCOC(=O)C[C@@H](N)c1ccc(F)cc1C.Cl. The van der Waals surface area contributed by atoms with E-state index < -0.39 is 6.04 Å². The second-order valence-corrected chi connectivity index (χ2v) is 3.62. The lowest BCUT2D eigenvalue weighted by Gasteiger charge is -2.13. The Morgan fingerprint density at radius 3 is 2.71 bits per heavy atom. The summed E-state index contributed by atoms with van der Waals surface area (Å²) in [5.41, 5.74) is 7.37. The second kappa shape index (κ2) is 7.25. The van der Waals surface area contributed by atoms with Gasteiger partial charge in [0.05, 0.1) is 13.0 Å². The van der Waals surface area contributed by atoms with Crippen LogP contribution in [0.2, 0.25) is 0 Å². The smallest absolute Gasteiger partial charge is 0.307 e. The molecule has 1 aromatic rings. The Labute approximate surface area is 107 Å². The van der Waals surface area contributed by atoms with E-state index in [1.807, 2.05) is 0 Å². The molecule has 0 aliphatic rings. The first kappa shape index (κ1) is 15.9. The van der Waals surface area contributed by atoms with Crippen molar-refractivity contribution in [1.29, 1.82) is 0 Å². The van der Waals surface area contributed by atoms with Gasteiger partial charge in [-0.05, 0) is 37.1 Å².